The van der Waals surface area contributed by atoms with Gasteiger partial charge in [-0.15, -0.1) is 0 Å². The predicted octanol–water partition coefficient (Wildman–Crippen LogP) is 5.65. The van der Waals surface area contributed by atoms with E-state index in [-0.39, 0.29) is 11.9 Å². The number of methoxy groups -OCH3 is 1. The fourth-order valence-corrected chi connectivity index (χ4v) is 4.81. The maximum atomic E-state index is 13.7. The molecule has 0 saturated carbocycles. The minimum absolute atomic E-state index is 0.0172. The van der Waals surface area contributed by atoms with Gasteiger partial charge in [0.1, 0.15) is 11.4 Å². The number of aromatic nitrogens is 2. The van der Waals surface area contributed by atoms with Gasteiger partial charge in [-0.25, -0.2) is 0 Å². The smallest absolute Gasteiger partial charge is 0.273 e. The van der Waals surface area contributed by atoms with Crippen molar-refractivity contribution in [2.45, 2.75) is 12.5 Å². The lowest BCUT2D eigenvalue weighted by Gasteiger charge is -2.26. The van der Waals surface area contributed by atoms with E-state index in [1.165, 1.54) is 5.56 Å². The standard InChI is InChI=1S/C27H24BrN3O2/c1-30-26-23(24(29-30)19-10-14-22(33-2)15-11-19)25(20-8-12-21(28)13-9-20)31(27(26)32)17-16-18-6-4-3-5-7-18/h3-15,25H,16-17H2,1-2H3/t25-/m1/s1. The Morgan fingerprint density at radius 3 is 2.33 bits per heavy atom. The summed E-state index contributed by atoms with van der Waals surface area (Å²) in [5, 5.41) is 4.77. The molecule has 0 bridgehead atoms. The number of nitrogens with zero attached hydrogens (tertiary/aromatic N) is 3. The molecule has 1 aromatic heterocycles. The summed E-state index contributed by atoms with van der Waals surface area (Å²) in [6, 6.07) is 26.1. The molecule has 166 valence electrons. The molecule has 0 spiro atoms. The van der Waals surface area contributed by atoms with Crippen molar-refractivity contribution in [3.63, 3.8) is 0 Å². The van der Waals surface area contributed by atoms with Crippen molar-refractivity contribution in [1.29, 1.82) is 0 Å². The molecular formula is C27H24BrN3O2. The number of amides is 1. The summed E-state index contributed by atoms with van der Waals surface area (Å²) in [5.74, 6) is 0.806. The monoisotopic (exact) mass is 501 g/mol. The van der Waals surface area contributed by atoms with Crippen LogP contribution in [0.2, 0.25) is 0 Å². The second-order valence-corrected chi connectivity index (χ2v) is 9.07. The van der Waals surface area contributed by atoms with Gasteiger partial charge in [-0.05, 0) is 53.9 Å². The minimum Gasteiger partial charge on any atom is -0.497 e. The number of rotatable bonds is 6. The first kappa shape index (κ1) is 21.5. The summed E-state index contributed by atoms with van der Waals surface area (Å²) in [5.41, 5.74) is 5.70. The van der Waals surface area contributed by atoms with E-state index in [1.54, 1.807) is 11.8 Å². The number of fused-ring (bicyclic) bond motifs is 1. The van der Waals surface area contributed by atoms with E-state index in [2.05, 4.69) is 40.2 Å². The van der Waals surface area contributed by atoms with E-state index < -0.39 is 0 Å². The van der Waals surface area contributed by atoms with Gasteiger partial charge in [0.15, 0.2) is 0 Å². The van der Waals surface area contributed by atoms with Crippen LogP contribution in [0.3, 0.4) is 0 Å². The SMILES string of the molecule is COc1ccc(-c2nn(C)c3c2[C@@H](c2ccc(Br)cc2)N(CCc2ccccc2)C3=O)cc1. The van der Waals surface area contributed by atoms with Crippen molar-refractivity contribution in [2.75, 3.05) is 13.7 Å². The second kappa shape index (κ2) is 8.87. The van der Waals surface area contributed by atoms with Crippen molar-refractivity contribution in [1.82, 2.24) is 14.7 Å². The van der Waals surface area contributed by atoms with Crippen LogP contribution in [0.25, 0.3) is 11.3 Å². The summed E-state index contributed by atoms with van der Waals surface area (Å²) in [4.78, 5) is 15.7. The lowest BCUT2D eigenvalue weighted by atomic mass is 9.96. The summed E-state index contributed by atoms with van der Waals surface area (Å²) in [6.07, 6.45) is 0.791. The average molecular weight is 502 g/mol. The van der Waals surface area contributed by atoms with Gasteiger partial charge >= 0.3 is 0 Å². The zero-order valence-corrected chi connectivity index (χ0v) is 20.1. The Labute approximate surface area is 201 Å². The number of carbonyl (C=O) groups excluding carboxylic acids is 1. The second-order valence-electron chi connectivity index (χ2n) is 8.15. The quantitative estimate of drug-likeness (QED) is 0.343. The van der Waals surface area contributed by atoms with E-state index >= 15 is 0 Å². The van der Waals surface area contributed by atoms with E-state index in [4.69, 9.17) is 9.84 Å². The molecular weight excluding hydrogens is 478 g/mol. The normalized spacial score (nSPS) is 15.1. The number of benzene rings is 3. The fraction of sp³-hybridized carbons (Fsp3) is 0.185. The maximum Gasteiger partial charge on any atom is 0.273 e. The largest absolute Gasteiger partial charge is 0.497 e. The molecule has 0 unspecified atom stereocenters. The van der Waals surface area contributed by atoms with Gasteiger partial charge in [0.2, 0.25) is 0 Å². The molecule has 1 amide bonds. The molecule has 1 aliphatic rings. The molecule has 0 N–H and O–H groups in total. The third-order valence-corrected chi connectivity index (χ3v) is 6.69. The number of halogens is 1. The van der Waals surface area contributed by atoms with Crippen LogP contribution in [0, 0.1) is 0 Å². The highest BCUT2D eigenvalue weighted by molar-refractivity contribution is 9.10. The van der Waals surface area contributed by atoms with E-state index in [0.717, 1.165) is 39.0 Å². The van der Waals surface area contributed by atoms with E-state index in [0.29, 0.717) is 12.2 Å². The molecule has 1 atom stereocenters. The first-order valence-electron chi connectivity index (χ1n) is 10.9. The Hall–Kier alpha value is -3.38. The summed E-state index contributed by atoms with van der Waals surface area (Å²) >= 11 is 3.53. The average Bonchev–Trinajstić information content (AvgIpc) is 3.34. The van der Waals surface area contributed by atoms with Gasteiger partial charge in [-0.3, -0.25) is 9.48 Å². The molecule has 0 saturated heterocycles. The number of carbonyl (C=O) groups is 1. The highest BCUT2D eigenvalue weighted by Gasteiger charge is 2.43. The summed E-state index contributed by atoms with van der Waals surface area (Å²) < 4.78 is 8.06. The zero-order chi connectivity index (χ0) is 22.9. The van der Waals surface area contributed by atoms with Crippen LogP contribution in [-0.2, 0) is 13.5 Å². The first-order valence-corrected chi connectivity index (χ1v) is 11.7. The van der Waals surface area contributed by atoms with Crippen molar-refractivity contribution >= 4 is 21.8 Å². The number of hydrogen-bond acceptors (Lipinski definition) is 3. The van der Waals surface area contributed by atoms with Crippen molar-refractivity contribution in [3.8, 4) is 17.0 Å². The number of aryl methyl sites for hydroxylation is 1. The van der Waals surface area contributed by atoms with Crippen LogP contribution in [0.1, 0.15) is 33.2 Å². The number of ether oxygens (including phenoxy) is 1. The third kappa shape index (κ3) is 3.95. The third-order valence-electron chi connectivity index (χ3n) is 6.17. The molecule has 5 rings (SSSR count). The zero-order valence-electron chi connectivity index (χ0n) is 18.5. The van der Waals surface area contributed by atoms with Crippen LogP contribution in [0.15, 0.2) is 83.3 Å². The molecule has 5 nitrogen and oxygen atoms in total. The number of hydrogen-bond donors (Lipinski definition) is 0. The highest BCUT2D eigenvalue weighted by Crippen LogP contribution is 2.44. The Morgan fingerprint density at radius 1 is 0.970 bits per heavy atom. The molecule has 0 radical (unpaired) electrons. The molecule has 4 aromatic rings. The fourth-order valence-electron chi connectivity index (χ4n) is 4.54. The predicted molar refractivity (Wildman–Crippen MR) is 132 cm³/mol. The van der Waals surface area contributed by atoms with Crippen molar-refractivity contribution in [2.24, 2.45) is 7.05 Å². The Balaban J connectivity index is 1.60. The van der Waals surface area contributed by atoms with Gasteiger partial charge in [0.25, 0.3) is 5.91 Å². The van der Waals surface area contributed by atoms with Crippen LogP contribution < -0.4 is 4.74 Å². The molecule has 6 heteroatoms. The van der Waals surface area contributed by atoms with Crippen LogP contribution in [-0.4, -0.2) is 34.2 Å². The van der Waals surface area contributed by atoms with E-state index in [1.807, 2.05) is 66.5 Å². The molecule has 1 aliphatic heterocycles. The molecule has 3 aromatic carbocycles. The van der Waals surface area contributed by atoms with Gasteiger partial charge < -0.3 is 9.64 Å². The molecule has 2 heterocycles. The van der Waals surface area contributed by atoms with Crippen molar-refractivity contribution < 1.29 is 9.53 Å². The van der Waals surface area contributed by atoms with E-state index in [9.17, 15) is 4.79 Å². The van der Waals surface area contributed by atoms with Crippen molar-refractivity contribution in [3.05, 3.63) is 106 Å². The topological polar surface area (TPSA) is 47.4 Å². The van der Waals surface area contributed by atoms with Gasteiger partial charge in [0, 0.05) is 29.2 Å². The lowest BCUT2D eigenvalue weighted by molar-refractivity contribution is 0.0742. The molecule has 0 fully saturated rings. The Morgan fingerprint density at radius 2 is 1.67 bits per heavy atom. The molecule has 0 aliphatic carbocycles. The minimum atomic E-state index is -0.199. The summed E-state index contributed by atoms with van der Waals surface area (Å²) in [7, 11) is 3.50. The van der Waals surface area contributed by atoms with Crippen LogP contribution in [0.4, 0.5) is 0 Å². The Kier molecular flexibility index (Phi) is 5.77. The lowest BCUT2D eigenvalue weighted by Crippen LogP contribution is -2.32. The maximum absolute atomic E-state index is 13.7. The Bertz CT molecular complexity index is 1280. The van der Waals surface area contributed by atoms with Gasteiger partial charge in [-0.2, -0.15) is 5.10 Å². The first-order chi connectivity index (χ1) is 16.1. The van der Waals surface area contributed by atoms with Gasteiger partial charge in [-0.1, -0.05) is 58.4 Å². The van der Waals surface area contributed by atoms with Gasteiger partial charge in [0.05, 0.1) is 18.8 Å². The summed E-state index contributed by atoms with van der Waals surface area (Å²) in [6.45, 7) is 0.625. The highest BCUT2D eigenvalue weighted by atomic mass is 79.9. The van der Waals surface area contributed by atoms with Crippen LogP contribution in [0.5, 0.6) is 5.75 Å². The van der Waals surface area contributed by atoms with Crippen LogP contribution >= 0.6 is 15.9 Å². The molecule has 33 heavy (non-hydrogen) atoms.